The van der Waals surface area contributed by atoms with E-state index in [0.29, 0.717) is 6.10 Å². The molecule has 130 valence electrons. The summed E-state index contributed by atoms with van der Waals surface area (Å²) in [7, 11) is 0. The highest BCUT2D eigenvalue weighted by Crippen LogP contribution is 2.13. The van der Waals surface area contributed by atoms with E-state index in [2.05, 4.69) is 35.1 Å². The number of likely N-dealkylation sites (tertiary alicyclic amines) is 1. The third-order valence-corrected chi connectivity index (χ3v) is 3.83. The Kier molecular flexibility index (Phi) is 10.2. The Morgan fingerprint density at radius 2 is 2.13 bits per heavy atom. The zero-order valence-corrected chi connectivity index (χ0v) is 16.5. The number of pyridine rings is 1. The maximum atomic E-state index is 5.71. The first-order valence-electron chi connectivity index (χ1n) is 8.38. The van der Waals surface area contributed by atoms with Crippen LogP contribution >= 0.6 is 24.0 Å². The van der Waals surface area contributed by atoms with E-state index in [1.807, 2.05) is 18.3 Å². The van der Waals surface area contributed by atoms with Crippen LogP contribution < -0.4 is 5.32 Å². The SMILES string of the molecule is CCNC(=NCCc1ccccn1)N1CCC(OCC)CC1.I. The van der Waals surface area contributed by atoms with Crippen LogP contribution in [0.5, 0.6) is 0 Å². The molecule has 0 saturated carbocycles. The predicted octanol–water partition coefficient (Wildman–Crippen LogP) is 2.71. The van der Waals surface area contributed by atoms with Crippen molar-refractivity contribution in [3.05, 3.63) is 30.1 Å². The maximum Gasteiger partial charge on any atom is 0.193 e. The number of nitrogens with one attached hydrogen (secondary N) is 1. The van der Waals surface area contributed by atoms with Crippen LogP contribution in [0.25, 0.3) is 0 Å². The lowest BCUT2D eigenvalue weighted by Crippen LogP contribution is -2.47. The van der Waals surface area contributed by atoms with Gasteiger partial charge in [-0.1, -0.05) is 6.07 Å². The summed E-state index contributed by atoms with van der Waals surface area (Å²) in [5.74, 6) is 1.02. The topological polar surface area (TPSA) is 49.8 Å². The van der Waals surface area contributed by atoms with E-state index in [-0.39, 0.29) is 24.0 Å². The minimum atomic E-state index is 0. The van der Waals surface area contributed by atoms with E-state index in [0.717, 1.165) is 63.7 Å². The minimum Gasteiger partial charge on any atom is -0.378 e. The number of halogens is 1. The van der Waals surface area contributed by atoms with Gasteiger partial charge in [-0.3, -0.25) is 9.98 Å². The van der Waals surface area contributed by atoms with Gasteiger partial charge in [-0.25, -0.2) is 0 Å². The summed E-state index contributed by atoms with van der Waals surface area (Å²) in [6.07, 6.45) is 5.29. The molecule has 1 fully saturated rings. The van der Waals surface area contributed by atoms with Gasteiger partial charge in [0.2, 0.25) is 0 Å². The number of aliphatic imine (C=N–C) groups is 1. The summed E-state index contributed by atoms with van der Waals surface area (Å²) in [5, 5.41) is 3.40. The van der Waals surface area contributed by atoms with Gasteiger partial charge in [0.15, 0.2) is 5.96 Å². The van der Waals surface area contributed by atoms with E-state index in [9.17, 15) is 0 Å². The van der Waals surface area contributed by atoms with Crippen LogP contribution in [0.1, 0.15) is 32.4 Å². The molecule has 1 N–H and O–H groups in total. The molecule has 0 aromatic carbocycles. The molecule has 1 aromatic rings. The van der Waals surface area contributed by atoms with Crippen molar-refractivity contribution in [2.24, 2.45) is 4.99 Å². The summed E-state index contributed by atoms with van der Waals surface area (Å²) >= 11 is 0. The van der Waals surface area contributed by atoms with Gasteiger partial charge in [0, 0.05) is 51.1 Å². The van der Waals surface area contributed by atoms with Crippen molar-refractivity contribution in [1.29, 1.82) is 0 Å². The van der Waals surface area contributed by atoms with Gasteiger partial charge in [0.05, 0.1) is 6.10 Å². The monoisotopic (exact) mass is 432 g/mol. The second kappa shape index (κ2) is 11.6. The average Bonchev–Trinajstić information content (AvgIpc) is 2.56. The molecule has 0 radical (unpaired) electrons. The standard InChI is InChI=1S/C17H28N4O.HI/c1-3-18-17(20-12-8-15-7-5-6-11-19-15)21-13-9-16(10-14-21)22-4-2;/h5-7,11,16H,3-4,8-10,12-14H2,1-2H3,(H,18,20);1H. The molecule has 6 heteroatoms. The molecule has 2 rings (SSSR count). The molecule has 23 heavy (non-hydrogen) atoms. The van der Waals surface area contributed by atoms with Crippen molar-refractivity contribution < 1.29 is 4.74 Å². The van der Waals surface area contributed by atoms with Crippen LogP contribution in [0, 0.1) is 0 Å². The minimum absolute atomic E-state index is 0. The molecule has 0 atom stereocenters. The third kappa shape index (κ3) is 7.03. The molecular weight excluding hydrogens is 403 g/mol. The first-order valence-corrected chi connectivity index (χ1v) is 8.38. The Labute approximate surface area is 156 Å². The lowest BCUT2D eigenvalue weighted by molar-refractivity contribution is 0.0264. The molecule has 1 aliphatic heterocycles. The third-order valence-electron chi connectivity index (χ3n) is 3.83. The highest BCUT2D eigenvalue weighted by atomic mass is 127. The number of rotatable bonds is 6. The normalized spacial score (nSPS) is 16.1. The van der Waals surface area contributed by atoms with Gasteiger partial charge < -0.3 is 15.0 Å². The van der Waals surface area contributed by atoms with E-state index in [4.69, 9.17) is 9.73 Å². The van der Waals surface area contributed by atoms with Crippen LogP contribution in [0.15, 0.2) is 29.4 Å². The van der Waals surface area contributed by atoms with E-state index in [1.54, 1.807) is 0 Å². The number of guanidine groups is 1. The molecule has 5 nitrogen and oxygen atoms in total. The van der Waals surface area contributed by atoms with Gasteiger partial charge in [-0.05, 0) is 38.8 Å². The smallest absolute Gasteiger partial charge is 0.193 e. The van der Waals surface area contributed by atoms with Crippen LogP contribution in [-0.4, -0.2) is 54.7 Å². The molecular formula is C17H29IN4O. The molecule has 0 amide bonds. The van der Waals surface area contributed by atoms with E-state index >= 15 is 0 Å². The van der Waals surface area contributed by atoms with Crippen molar-refractivity contribution >= 4 is 29.9 Å². The van der Waals surface area contributed by atoms with E-state index in [1.165, 1.54) is 0 Å². The van der Waals surface area contributed by atoms with Gasteiger partial charge in [0.25, 0.3) is 0 Å². The molecule has 0 unspecified atom stereocenters. The first kappa shape index (κ1) is 20.2. The van der Waals surface area contributed by atoms with Crippen LogP contribution in [0.3, 0.4) is 0 Å². The van der Waals surface area contributed by atoms with Crippen LogP contribution in [0.2, 0.25) is 0 Å². The number of nitrogens with zero attached hydrogens (tertiary/aromatic N) is 3. The lowest BCUT2D eigenvalue weighted by Gasteiger charge is -2.34. The van der Waals surface area contributed by atoms with Crippen LogP contribution in [0.4, 0.5) is 0 Å². The molecule has 0 bridgehead atoms. The highest BCUT2D eigenvalue weighted by Gasteiger charge is 2.21. The van der Waals surface area contributed by atoms with Gasteiger partial charge >= 0.3 is 0 Å². The zero-order chi connectivity index (χ0) is 15.6. The highest BCUT2D eigenvalue weighted by molar-refractivity contribution is 14.0. The summed E-state index contributed by atoms with van der Waals surface area (Å²) in [6.45, 7) is 8.68. The van der Waals surface area contributed by atoms with Gasteiger partial charge in [-0.2, -0.15) is 0 Å². The quantitative estimate of drug-likeness (QED) is 0.427. The van der Waals surface area contributed by atoms with Gasteiger partial charge in [-0.15, -0.1) is 24.0 Å². The van der Waals surface area contributed by atoms with Crippen molar-refractivity contribution in [2.45, 2.75) is 39.2 Å². The van der Waals surface area contributed by atoms with Crippen molar-refractivity contribution in [1.82, 2.24) is 15.2 Å². The summed E-state index contributed by atoms with van der Waals surface area (Å²) < 4.78 is 5.71. The molecule has 0 spiro atoms. The van der Waals surface area contributed by atoms with Gasteiger partial charge in [0.1, 0.15) is 0 Å². The largest absolute Gasteiger partial charge is 0.378 e. The molecule has 0 aliphatic carbocycles. The second-order valence-electron chi connectivity index (χ2n) is 5.45. The number of hydrogen-bond acceptors (Lipinski definition) is 3. The number of ether oxygens (including phenoxy) is 1. The molecule has 1 aromatic heterocycles. The summed E-state index contributed by atoms with van der Waals surface area (Å²) in [5.41, 5.74) is 1.09. The molecule has 1 aliphatic rings. The second-order valence-corrected chi connectivity index (χ2v) is 5.45. The lowest BCUT2D eigenvalue weighted by atomic mass is 10.1. The Bertz CT molecular complexity index is 447. The van der Waals surface area contributed by atoms with Crippen molar-refractivity contribution in [2.75, 3.05) is 32.8 Å². The Morgan fingerprint density at radius 3 is 2.74 bits per heavy atom. The average molecular weight is 432 g/mol. The van der Waals surface area contributed by atoms with Crippen LogP contribution in [-0.2, 0) is 11.2 Å². The summed E-state index contributed by atoms with van der Waals surface area (Å²) in [4.78, 5) is 11.4. The molecule has 2 heterocycles. The Hall–Kier alpha value is -0.890. The number of hydrogen-bond donors (Lipinski definition) is 1. The fourth-order valence-corrected chi connectivity index (χ4v) is 2.72. The Morgan fingerprint density at radius 1 is 1.35 bits per heavy atom. The maximum absolute atomic E-state index is 5.71. The fourth-order valence-electron chi connectivity index (χ4n) is 2.72. The number of aromatic nitrogens is 1. The van der Waals surface area contributed by atoms with E-state index < -0.39 is 0 Å². The zero-order valence-electron chi connectivity index (χ0n) is 14.2. The predicted molar refractivity (Wildman–Crippen MR) is 106 cm³/mol. The summed E-state index contributed by atoms with van der Waals surface area (Å²) in [6, 6.07) is 6.02. The van der Waals surface area contributed by atoms with Crippen molar-refractivity contribution in [3.63, 3.8) is 0 Å². The number of piperidine rings is 1. The molecule has 1 saturated heterocycles. The van der Waals surface area contributed by atoms with Crippen molar-refractivity contribution in [3.8, 4) is 0 Å². The Balaban J connectivity index is 0.00000264. The fraction of sp³-hybridized carbons (Fsp3) is 0.647. The first-order chi connectivity index (χ1) is 10.8.